The number of thioether (sulfide) groups is 1. The fourth-order valence-electron chi connectivity index (χ4n) is 5.53. The van der Waals surface area contributed by atoms with E-state index in [1.807, 2.05) is 0 Å². The van der Waals surface area contributed by atoms with Crippen molar-refractivity contribution in [3.05, 3.63) is 34.2 Å². The number of phenols is 1. The Morgan fingerprint density at radius 1 is 1.04 bits per heavy atom. The van der Waals surface area contributed by atoms with Crippen LogP contribution in [0.15, 0.2) is 23.1 Å². The standard InChI is InChI=1S/C23H36OSSi/c1-13-10-18(23(5,6)7)20(24)19(11-13)26(8,9)22-16(4)15(3)17-12-14(2)25-21(17)22/h10-12,15-17,21-22,24H,1-9H3/t15?,16-,17?,21?,22?/m1/s1. The Morgan fingerprint density at radius 3 is 2.23 bits per heavy atom. The van der Waals surface area contributed by atoms with E-state index in [4.69, 9.17) is 0 Å². The van der Waals surface area contributed by atoms with Gasteiger partial charge in [0.05, 0.1) is 8.07 Å². The van der Waals surface area contributed by atoms with Gasteiger partial charge in [-0.05, 0) is 58.2 Å². The van der Waals surface area contributed by atoms with Crippen molar-refractivity contribution in [2.24, 2.45) is 17.8 Å². The van der Waals surface area contributed by atoms with Crippen molar-refractivity contribution in [2.45, 2.75) is 77.8 Å². The molecule has 4 unspecified atom stereocenters. The number of aryl methyl sites for hydroxylation is 1. The van der Waals surface area contributed by atoms with E-state index in [2.05, 4.69) is 91.5 Å². The number of aromatic hydroxyl groups is 1. The maximum absolute atomic E-state index is 11.3. The summed E-state index contributed by atoms with van der Waals surface area (Å²) in [7, 11) is -1.86. The largest absolute Gasteiger partial charge is 0.508 e. The summed E-state index contributed by atoms with van der Waals surface area (Å²) in [4.78, 5) is 1.50. The fourth-order valence-corrected chi connectivity index (χ4v) is 12.7. The smallest absolute Gasteiger partial charge is 0.118 e. The number of fused-ring (bicyclic) bond motifs is 1. The lowest BCUT2D eigenvalue weighted by Crippen LogP contribution is -2.50. The number of benzene rings is 1. The van der Waals surface area contributed by atoms with E-state index in [1.165, 1.54) is 15.7 Å². The minimum atomic E-state index is -1.86. The third-order valence-electron chi connectivity index (χ3n) is 7.08. The highest BCUT2D eigenvalue weighted by molar-refractivity contribution is 8.04. The summed E-state index contributed by atoms with van der Waals surface area (Å²) < 4.78 is 0. The van der Waals surface area contributed by atoms with Crippen molar-refractivity contribution in [2.75, 3.05) is 0 Å². The van der Waals surface area contributed by atoms with Crippen LogP contribution in [0.2, 0.25) is 18.6 Å². The molecule has 0 radical (unpaired) electrons. The van der Waals surface area contributed by atoms with Crippen LogP contribution in [0.3, 0.4) is 0 Å². The van der Waals surface area contributed by atoms with Gasteiger partial charge >= 0.3 is 0 Å². The van der Waals surface area contributed by atoms with Crippen molar-refractivity contribution >= 4 is 25.0 Å². The topological polar surface area (TPSA) is 20.2 Å². The highest BCUT2D eigenvalue weighted by atomic mass is 32.2. The van der Waals surface area contributed by atoms with Crippen LogP contribution in [0.5, 0.6) is 5.75 Å². The Hall–Kier alpha value is -0.673. The lowest BCUT2D eigenvalue weighted by atomic mass is 9.85. The van der Waals surface area contributed by atoms with E-state index in [-0.39, 0.29) is 5.41 Å². The molecule has 1 aromatic rings. The molecule has 1 N–H and O–H groups in total. The number of phenolic OH excluding ortho intramolecular Hbond substituents is 1. The first-order valence-corrected chi connectivity index (χ1v) is 14.0. The zero-order chi connectivity index (χ0) is 19.6. The lowest BCUT2D eigenvalue weighted by molar-refractivity contribution is 0.405. The van der Waals surface area contributed by atoms with Crippen LogP contribution < -0.4 is 5.19 Å². The van der Waals surface area contributed by atoms with Crippen molar-refractivity contribution < 1.29 is 5.11 Å². The third kappa shape index (κ3) is 3.09. The van der Waals surface area contributed by atoms with Gasteiger partial charge in [-0.15, -0.1) is 11.8 Å². The lowest BCUT2D eigenvalue weighted by Gasteiger charge is -2.38. The molecule has 0 aromatic heterocycles. The molecule has 1 saturated carbocycles. The molecule has 1 fully saturated rings. The van der Waals surface area contributed by atoms with Crippen LogP contribution in [-0.4, -0.2) is 18.4 Å². The average molecular weight is 389 g/mol. The summed E-state index contributed by atoms with van der Waals surface area (Å²) in [6, 6.07) is 4.48. The summed E-state index contributed by atoms with van der Waals surface area (Å²) in [6.45, 7) is 21.0. The van der Waals surface area contributed by atoms with E-state index >= 15 is 0 Å². The molecule has 0 amide bonds. The third-order valence-corrected chi connectivity index (χ3v) is 13.0. The number of hydrogen-bond acceptors (Lipinski definition) is 2. The molecular formula is C23H36OSSi. The van der Waals surface area contributed by atoms with E-state index in [0.29, 0.717) is 28.4 Å². The van der Waals surface area contributed by atoms with Crippen LogP contribution in [-0.2, 0) is 5.41 Å². The van der Waals surface area contributed by atoms with Gasteiger partial charge in [0.2, 0.25) is 0 Å². The Kier molecular flexibility index (Phi) is 4.97. The molecule has 144 valence electrons. The first-order valence-electron chi connectivity index (χ1n) is 10.1. The molecule has 26 heavy (non-hydrogen) atoms. The van der Waals surface area contributed by atoms with Gasteiger partial charge in [0.15, 0.2) is 0 Å². The highest BCUT2D eigenvalue weighted by Crippen LogP contribution is 2.60. The monoisotopic (exact) mass is 388 g/mol. The van der Waals surface area contributed by atoms with Crippen LogP contribution in [0.1, 0.15) is 52.7 Å². The zero-order valence-electron chi connectivity index (χ0n) is 18.0. The Bertz CT molecular complexity index is 743. The predicted molar refractivity (Wildman–Crippen MR) is 119 cm³/mol. The van der Waals surface area contributed by atoms with Crippen LogP contribution in [0.25, 0.3) is 0 Å². The van der Waals surface area contributed by atoms with Crippen LogP contribution in [0.4, 0.5) is 0 Å². The van der Waals surface area contributed by atoms with Crippen molar-refractivity contribution in [1.29, 1.82) is 0 Å². The molecule has 0 bridgehead atoms. The molecular weight excluding hydrogens is 352 g/mol. The number of allylic oxidation sites excluding steroid dienone is 2. The summed E-state index contributed by atoms with van der Waals surface area (Å²) in [5.74, 6) is 2.73. The summed E-state index contributed by atoms with van der Waals surface area (Å²) in [5.41, 5.74) is 3.05. The van der Waals surface area contributed by atoms with Gasteiger partial charge in [-0.2, -0.15) is 0 Å². The summed E-state index contributed by atoms with van der Waals surface area (Å²) in [5, 5.41) is 13.3. The van der Waals surface area contributed by atoms with E-state index < -0.39 is 8.07 Å². The van der Waals surface area contributed by atoms with Crippen LogP contribution in [0, 0.1) is 24.7 Å². The maximum Gasteiger partial charge on any atom is 0.118 e. The predicted octanol–water partition coefficient (Wildman–Crippen LogP) is 6.20. The second-order valence-corrected chi connectivity index (χ2v) is 16.4. The first-order chi connectivity index (χ1) is 11.9. The van der Waals surface area contributed by atoms with Gasteiger partial charge in [-0.3, -0.25) is 0 Å². The van der Waals surface area contributed by atoms with E-state index in [0.717, 1.165) is 11.5 Å². The van der Waals surface area contributed by atoms with Crippen molar-refractivity contribution in [3.8, 4) is 5.75 Å². The Morgan fingerprint density at radius 2 is 1.65 bits per heavy atom. The molecule has 5 atom stereocenters. The SMILES string of the molecule is CC1=CC2C(S1)C([Si](C)(C)c1cc(C)cc(C(C)(C)C)c1O)[C@H](C)C2C. The molecule has 0 spiro atoms. The van der Waals surface area contributed by atoms with Gasteiger partial charge in [0.25, 0.3) is 0 Å². The maximum atomic E-state index is 11.3. The minimum absolute atomic E-state index is 0.0350. The number of hydrogen-bond donors (Lipinski definition) is 1. The van der Waals surface area contributed by atoms with Crippen LogP contribution >= 0.6 is 11.8 Å². The fraction of sp³-hybridized carbons (Fsp3) is 0.652. The van der Waals surface area contributed by atoms with Gasteiger partial charge in [-0.25, -0.2) is 0 Å². The van der Waals surface area contributed by atoms with Gasteiger partial charge in [0.1, 0.15) is 5.75 Å². The molecule has 3 rings (SSSR count). The summed E-state index contributed by atoms with van der Waals surface area (Å²) >= 11 is 2.11. The van der Waals surface area contributed by atoms with E-state index in [1.54, 1.807) is 0 Å². The molecule has 1 aliphatic heterocycles. The summed E-state index contributed by atoms with van der Waals surface area (Å²) in [6.07, 6.45) is 2.53. The van der Waals surface area contributed by atoms with Gasteiger partial charge in [-0.1, -0.05) is 71.5 Å². The molecule has 0 saturated heterocycles. The molecule has 2 aliphatic rings. The normalized spacial score (nSPS) is 31.9. The second kappa shape index (κ2) is 6.44. The quantitative estimate of drug-likeness (QED) is 0.608. The van der Waals surface area contributed by atoms with Crippen molar-refractivity contribution in [3.63, 3.8) is 0 Å². The molecule has 1 aromatic carbocycles. The minimum Gasteiger partial charge on any atom is -0.508 e. The Balaban J connectivity index is 2.10. The molecule has 1 aliphatic carbocycles. The second-order valence-electron chi connectivity index (χ2n) is 10.4. The highest BCUT2D eigenvalue weighted by Gasteiger charge is 2.55. The van der Waals surface area contributed by atoms with Gasteiger partial charge < -0.3 is 5.11 Å². The first kappa shape index (κ1) is 20.1. The number of rotatable bonds is 2. The zero-order valence-corrected chi connectivity index (χ0v) is 19.8. The van der Waals surface area contributed by atoms with E-state index in [9.17, 15) is 5.11 Å². The Labute approximate surface area is 165 Å². The van der Waals surface area contributed by atoms with Crippen molar-refractivity contribution in [1.82, 2.24) is 0 Å². The molecule has 3 heteroatoms. The molecule has 1 nitrogen and oxygen atoms in total. The molecule has 1 heterocycles. The van der Waals surface area contributed by atoms with Gasteiger partial charge in [0, 0.05) is 5.25 Å². The average Bonchev–Trinajstić information content (AvgIpc) is 2.97.